The van der Waals surface area contributed by atoms with Crippen molar-refractivity contribution in [3.63, 3.8) is 0 Å². The van der Waals surface area contributed by atoms with Crippen molar-refractivity contribution >= 4 is 104 Å². The van der Waals surface area contributed by atoms with Crippen LogP contribution >= 0.6 is 11.3 Å². The summed E-state index contributed by atoms with van der Waals surface area (Å²) < 4.78 is 11.9. The van der Waals surface area contributed by atoms with Crippen LogP contribution in [0.5, 0.6) is 0 Å². The van der Waals surface area contributed by atoms with E-state index in [1.54, 1.807) is 0 Å². The van der Waals surface area contributed by atoms with E-state index in [1.807, 2.05) is 11.3 Å². The third-order valence-electron chi connectivity index (χ3n) is 15.6. The van der Waals surface area contributed by atoms with Gasteiger partial charge in [-0.1, -0.05) is 134 Å². The highest BCUT2D eigenvalue weighted by molar-refractivity contribution is 7.26. The lowest BCUT2D eigenvalue weighted by Crippen LogP contribution is -2.60. The molecule has 5 heteroatoms. The molecule has 2 aliphatic heterocycles. The smallest absolute Gasteiger partial charge is 0.333 e. The molecular weight excluding hydrogens is 808 g/mol. The summed E-state index contributed by atoms with van der Waals surface area (Å²) in [6, 6.07) is 51.7. The summed E-state index contributed by atoms with van der Waals surface area (Å²) in [6.45, 7) is 21.1. The Balaban J connectivity index is 1.15. The first-order chi connectivity index (χ1) is 31.1. The van der Waals surface area contributed by atoms with E-state index in [0.29, 0.717) is 0 Å². The number of benzene rings is 8. The van der Waals surface area contributed by atoms with Gasteiger partial charge in [-0.3, -0.25) is 0 Å². The van der Waals surface area contributed by atoms with Crippen LogP contribution in [-0.2, 0) is 16.2 Å². The number of thiophene rings is 1. The Hall–Kier alpha value is -6.56. The summed E-state index contributed by atoms with van der Waals surface area (Å²) in [7, 11) is 0. The minimum absolute atomic E-state index is 0.0334. The number of hydrogen-bond donors (Lipinski definition) is 0. The average Bonchev–Trinajstić information content (AvgIpc) is 4.00. The molecular formula is C60H49BN2OS. The molecule has 0 N–H and O–H groups in total. The van der Waals surface area contributed by atoms with E-state index in [-0.39, 0.29) is 23.1 Å². The predicted octanol–water partition coefficient (Wildman–Crippen LogP) is 15.5. The Morgan fingerprint density at radius 3 is 2.06 bits per heavy atom. The van der Waals surface area contributed by atoms with Crippen LogP contribution in [0.1, 0.15) is 83.2 Å². The second kappa shape index (κ2) is 12.2. The summed E-state index contributed by atoms with van der Waals surface area (Å²) in [4.78, 5) is 2.72. The second-order valence-corrected chi connectivity index (χ2v) is 22.9. The summed E-state index contributed by atoms with van der Waals surface area (Å²) in [5.41, 5.74) is 22.9. The van der Waals surface area contributed by atoms with Crippen molar-refractivity contribution in [1.29, 1.82) is 0 Å². The maximum Gasteiger partial charge on any atom is 0.333 e. The van der Waals surface area contributed by atoms with Crippen molar-refractivity contribution in [2.45, 2.75) is 78.6 Å². The molecule has 0 unspecified atom stereocenters. The van der Waals surface area contributed by atoms with Gasteiger partial charge in [0.2, 0.25) is 0 Å². The quantitative estimate of drug-likeness (QED) is 0.153. The lowest BCUT2D eigenvalue weighted by Gasteiger charge is -2.43. The fourth-order valence-electron chi connectivity index (χ4n) is 12.2. The Morgan fingerprint density at radius 1 is 0.554 bits per heavy atom. The molecule has 14 rings (SSSR count). The highest BCUT2D eigenvalue weighted by Gasteiger charge is 2.47. The Labute approximate surface area is 384 Å². The zero-order valence-corrected chi connectivity index (χ0v) is 39.3. The first-order valence-corrected chi connectivity index (χ1v) is 24.1. The molecule has 3 nitrogen and oxygen atoms in total. The predicted molar refractivity (Wildman–Crippen MR) is 280 cm³/mol. The maximum absolute atomic E-state index is 6.66. The lowest BCUT2D eigenvalue weighted by atomic mass is 9.43. The molecule has 314 valence electrons. The van der Waals surface area contributed by atoms with Crippen molar-refractivity contribution < 1.29 is 4.42 Å². The van der Waals surface area contributed by atoms with Gasteiger partial charge in [0.25, 0.3) is 0 Å². The van der Waals surface area contributed by atoms with E-state index >= 15 is 0 Å². The van der Waals surface area contributed by atoms with E-state index in [9.17, 15) is 0 Å². The maximum atomic E-state index is 6.66. The first kappa shape index (κ1) is 37.8. The zero-order valence-electron chi connectivity index (χ0n) is 38.5. The van der Waals surface area contributed by atoms with Crippen molar-refractivity contribution in [1.82, 2.24) is 4.57 Å². The molecule has 3 aromatic heterocycles. The fourth-order valence-corrected chi connectivity index (χ4v) is 13.3. The first-order valence-electron chi connectivity index (χ1n) is 23.3. The number of aromatic nitrogens is 1. The number of fused-ring (bicyclic) bond motifs is 17. The molecule has 65 heavy (non-hydrogen) atoms. The normalized spacial score (nSPS) is 14.9. The highest BCUT2D eigenvalue weighted by Crippen LogP contribution is 2.55. The van der Waals surface area contributed by atoms with Crippen molar-refractivity contribution in [2.75, 3.05) is 4.81 Å². The number of aryl methyl sites for hydroxylation is 1. The Kier molecular flexibility index (Phi) is 7.10. The Bertz CT molecular complexity index is 3960. The molecule has 1 aliphatic carbocycles. The summed E-state index contributed by atoms with van der Waals surface area (Å²) in [6.07, 6.45) is 0. The number of anilines is 2. The molecule has 0 bridgehead atoms. The van der Waals surface area contributed by atoms with Crippen LogP contribution in [-0.4, -0.2) is 11.4 Å². The molecule has 3 aliphatic rings. The third kappa shape index (κ3) is 4.87. The van der Waals surface area contributed by atoms with Crippen LogP contribution in [0, 0.1) is 6.92 Å². The monoisotopic (exact) mass is 856 g/mol. The van der Waals surface area contributed by atoms with Crippen LogP contribution < -0.4 is 15.7 Å². The van der Waals surface area contributed by atoms with Crippen LogP contribution in [0.4, 0.5) is 11.4 Å². The molecule has 11 aromatic rings. The molecule has 0 radical (unpaired) electrons. The number of nitrogens with zero attached hydrogens (tertiary/aromatic N) is 2. The van der Waals surface area contributed by atoms with E-state index in [0.717, 1.165) is 21.9 Å². The SMILES string of the molecule is Cc1cc2c3c4c1c1cc5c(cc1n4-c1cc4sc6ccccc6c4cc1B3N(c1ccc(C(C)(C)C)cc1)c1cc3c(cc1-2)-c1ccc(C(C)(C)C)cc1C3(C)C)oc1ccccc15. The van der Waals surface area contributed by atoms with Gasteiger partial charge in [0, 0.05) is 75.8 Å². The number of hydrogen-bond acceptors (Lipinski definition) is 3. The van der Waals surface area contributed by atoms with Crippen LogP contribution in [0.25, 0.3) is 91.9 Å². The molecule has 0 fully saturated rings. The topological polar surface area (TPSA) is 21.3 Å². The van der Waals surface area contributed by atoms with Gasteiger partial charge in [-0.2, -0.15) is 0 Å². The van der Waals surface area contributed by atoms with Gasteiger partial charge in [0.1, 0.15) is 11.2 Å². The van der Waals surface area contributed by atoms with E-state index in [2.05, 4.69) is 205 Å². The van der Waals surface area contributed by atoms with Crippen molar-refractivity contribution in [3.8, 4) is 27.9 Å². The highest BCUT2D eigenvalue weighted by atomic mass is 32.1. The number of para-hydroxylation sites is 1. The molecule has 0 saturated carbocycles. The van der Waals surface area contributed by atoms with Crippen LogP contribution in [0.15, 0.2) is 138 Å². The van der Waals surface area contributed by atoms with Gasteiger partial charge in [-0.25, -0.2) is 0 Å². The summed E-state index contributed by atoms with van der Waals surface area (Å²) in [5.74, 6) is 0. The van der Waals surface area contributed by atoms with Gasteiger partial charge >= 0.3 is 6.85 Å². The van der Waals surface area contributed by atoms with Gasteiger partial charge in [-0.05, 0) is 122 Å². The van der Waals surface area contributed by atoms with E-state index < -0.39 is 0 Å². The fraction of sp³-hybridized carbons (Fsp3) is 0.200. The lowest BCUT2D eigenvalue weighted by molar-refractivity contribution is 0.584. The van der Waals surface area contributed by atoms with Crippen LogP contribution in [0.3, 0.4) is 0 Å². The van der Waals surface area contributed by atoms with E-state index in [4.69, 9.17) is 4.42 Å². The zero-order chi connectivity index (χ0) is 44.2. The standard InChI is InChI=1S/C60H49BN2OS/c1-32-24-43-40-26-39-36-23-20-34(59(5,6)7)25-45(36)60(8,9)46(39)29-49(40)63(35-21-18-33(19-22-35)58(2,3)4)61-47-28-42-38-15-11-13-17-53(38)65-54(42)31-50(47)62-48-30-52-41(37-14-10-12-16-51(37)64-52)27-44(48)55(32)57(62)56(43)61/h10-31H,1-9H3. The molecule has 8 aromatic carbocycles. The van der Waals surface area contributed by atoms with Gasteiger partial charge in [-0.15, -0.1) is 11.3 Å². The Morgan fingerprint density at radius 2 is 1.28 bits per heavy atom. The molecule has 0 spiro atoms. The molecule has 5 heterocycles. The van der Waals surface area contributed by atoms with Gasteiger partial charge in [0.15, 0.2) is 0 Å². The average molecular weight is 857 g/mol. The summed E-state index contributed by atoms with van der Waals surface area (Å²) >= 11 is 1.90. The molecule has 0 saturated heterocycles. The molecule has 0 atom stereocenters. The number of rotatable bonds is 1. The third-order valence-corrected chi connectivity index (χ3v) is 16.7. The summed E-state index contributed by atoms with van der Waals surface area (Å²) in [5, 5.41) is 7.56. The minimum Gasteiger partial charge on any atom is -0.456 e. The largest absolute Gasteiger partial charge is 0.456 e. The van der Waals surface area contributed by atoms with Gasteiger partial charge in [0.05, 0.1) is 11.0 Å². The van der Waals surface area contributed by atoms with E-state index in [1.165, 1.54) is 120 Å². The minimum atomic E-state index is -0.178. The molecule has 0 amide bonds. The van der Waals surface area contributed by atoms with Crippen molar-refractivity contribution in [2.24, 2.45) is 0 Å². The second-order valence-electron chi connectivity index (χ2n) is 21.8. The number of furan rings is 1. The van der Waals surface area contributed by atoms with Crippen LogP contribution in [0.2, 0.25) is 0 Å². The van der Waals surface area contributed by atoms with Crippen molar-refractivity contribution in [3.05, 3.63) is 161 Å². The van der Waals surface area contributed by atoms with Gasteiger partial charge < -0.3 is 13.8 Å².